The average Bonchev–Trinajstić information content (AvgIpc) is 3.20. The number of aromatic nitrogens is 4. The van der Waals surface area contributed by atoms with Gasteiger partial charge in [-0.3, -0.25) is 0 Å². The Labute approximate surface area is 162 Å². The maximum atomic E-state index is 9.50. The van der Waals surface area contributed by atoms with Crippen LogP contribution in [0.5, 0.6) is 0 Å². The molecular weight excluding hydrogens is 412 g/mol. The molecule has 0 saturated carbocycles. The van der Waals surface area contributed by atoms with Crippen LogP contribution in [0, 0.1) is 11.3 Å². The molecule has 0 bridgehead atoms. The van der Waals surface area contributed by atoms with E-state index < -0.39 is 0 Å². The van der Waals surface area contributed by atoms with Crippen molar-refractivity contribution < 1.29 is 0 Å². The van der Waals surface area contributed by atoms with Crippen molar-refractivity contribution in [3.05, 3.63) is 70.5 Å². The predicted octanol–water partition coefficient (Wildman–Crippen LogP) is 3.84. The summed E-state index contributed by atoms with van der Waals surface area (Å²) in [7, 11) is 0. The van der Waals surface area contributed by atoms with Crippen LogP contribution in [-0.4, -0.2) is 19.3 Å². The van der Waals surface area contributed by atoms with Crippen molar-refractivity contribution in [2.24, 2.45) is 0 Å². The summed E-state index contributed by atoms with van der Waals surface area (Å²) >= 11 is 4.96. The van der Waals surface area contributed by atoms with Crippen LogP contribution in [-0.2, 0) is 5.75 Å². The largest absolute Gasteiger partial charge is 0.335 e. The molecule has 2 N–H and O–H groups in total. The third kappa shape index (κ3) is 2.85. The van der Waals surface area contributed by atoms with Crippen LogP contribution in [0.3, 0.4) is 0 Å². The highest BCUT2D eigenvalue weighted by molar-refractivity contribution is 9.10. The summed E-state index contributed by atoms with van der Waals surface area (Å²) in [5, 5.41) is 18.5. The lowest BCUT2D eigenvalue weighted by Crippen LogP contribution is -2.11. The van der Waals surface area contributed by atoms with Crippen LogP contribution in [0.15, 0.2) is 64.5 Å². The third-order valence-corrected chi connectivity index (χ3v) is 5.69. The monoisotopic (exact) mass is 424 g/mol. The summed E-state index contributed by atoms with van der Waals surface area (Å²) in [5.74, 6) is 7.36. The number of nitriles is 1. The van der Waals surface area contributed by atoms with Crippen molar-refractivity contribution in [3.8, 4) is 17.5 Å². The second-order valence-electron chi connectivity index (χ2n) is 5.58. The lowest BCUT2D eigenvalue weighted by Gasteiger charge is -2.05. The second kappa shape index (κ2) is 6.86. The van der Waals surface area contributed by atoms with E-state index in [9.17, 15) is 5.26 Å². The standard InChI is InChI=1S/C18H13BrN6S/c19-15-6-2-1-5-13(15)17-22-23-18(25(17)21)26-11-12-10-24-8-4-3-7-16(24)14(12)9-20/h1-8,10H,11,21H2. The van der Waals surface area contributed by atoms with Crippen LogP contribution in [0.4, 0.5) is 0 Å². The molecule has 3 aromatic heterocycles. The zero-order valence-electron chi connectivity index (χ0n) is 13.5. The molecule has 0 atom stereocenters. The van der Waals surface area contributed by atoms with Gasteiger partial charge in [-0.25, -0.2) is 4.68 Å². The Morgan fingerprint density at radius 2 is 1.96 bits per heavy atom. The van der Waals surface area contributed by atoms with E-state index in [1.807, 2.05) is 59.3 Å². The highest BCUT2D eigenvalue weighted by atomic mass is 79.9. The van der Waals surface area contributed by atoms with Crippen LogP contribution < -0.4 is 5.84 Å². The van der Waals surface area contributed by atoms with Gasteiger partial charge >= 0.3 is 0 Å². The smallest absolute Gasteiger partial charge is 0.210 e. The van der Waals surface area contributed by atoms with Gasteiger partial charge in [0.15, 0.2) is 5.82 Å². The fourth-order valence-electron chi connectivity index (χ4n) is 2.76. The van der Waals surface area contributed by atoms with Gasteiger partial charge in [-0.15, -0.1) is 10.2 Å². The number of halogens is 1. The van der Waals surface area contributed by atoms with E-state index in [1.165, 1.54) is 16.4 Å². The van der Waals surface area contributed by atoms with Crippen LogP contribution in [0.1, 0.15) is 11.1 Å². The van der Waals surface area contributed by atoms with Crippen molar-refractivity contribution in [2.75, 3.05) is 5.84 Å². The summed E-state index contributed by atoms with van der Waals surface area (Å²) in [4.78, 5) is 0. The van der Waals surface area contributed by atoms with Gasteiger partial charge in [0.05, 0.1) is 11.1 Å². The Balaban J connectivity index is 1.62. The van der Waals surface area contributed by atoms with Crippen molar-refractivity contribution in [1.29, 1.82) is 5.26 Å². The molecule has 4 aromatic rings. The number of fused-ring (bicyclic) bond motifs is 1. The van der Waals surface area contributed by atoms with Gasteiger partial charge < -0.3 is 10.2 Å². The van der Waals surface area contributed by atoms with Gasteiger partial charge in [0.25, 0.3) is 0 Å². The first kappa shape index (κ1) is 16.7. The number of thioether (sulfide) groups is 1. The Morgan fingerprint density at radius 1 is 1.15 bits per heavy atom. The molecule has 0 aliphatic carbocycles. The van der Waals surface area contributed by atoms with Crippen LogP contribution >= 0.6 is 27.7 Å². The Hall–Kier alpha value is -2.76. The molecule has 0 fully saturated rings. The average molecular weight is 425 g/mol. The van der Waals surface area contributed by atoms with Crippen molar-refractivity contribution in [1.82, 2.24) is 19.3 Å². The molecule has 26 heavy (non-hydrogen) atoms. The quantitative estimate of drug-likeness (QED) is 0.397. The van der Waals surface area contributed by atoms with Gasteiger partial charge in [-0.2, -0.15) is 5.26 Å². The van der Waals surface area contributed by atoms with E-state index in [4.69, 9.17) is 5.84 Å². The highest BCUT2D eigenvalue weighted by Gasteiger charge is 2.16. The van der Waals surface area contributed by atoms with Crippen molar-refractivity contribution in [2.45, 2.75) is 10.9 Å². The summed E-state index contributed by atoms with van der Waals surface area (Å²) in [6.07, 6.45) is 3.90. The van der Waals surface area contributed by atoms with Crippen LogP contribution in [0.25, 0.3) is 16.9 Å². The molecule has 3 heterocycles. The Kier molecular flexibility index (Phi) is 4.41. The first-order valence-corrected chi connectivity index (χ1v) is 9.53. The molecule has 0 unspecified atom stereocenters. The Bertz CT molecular complexity index is 1140. The molecule has 0 saturated heterocycles. The second-order valence-corrected chi connectivity index (χ2v) is 7.38. The van der Waals surface area contributed by atoms with Gasteiger partial charge in [0.2, 0.25) is 5.16 Å². The van der Waals surface area contributed by atoms with E-state index in [0.717, 1.165) is 21.1 Å². The van der Waals surface area contributed by atoms with E-state index >= 15 is 0 Å². The minimum absolute atomic E-state index is 0.579. The topological polar surface area (TPSA) is 84.9 Å². The zero-order valence-corrected chi connectivity index (χ0v) is 15.9. The fourth-order valence-corrected chi connectivity index (χ4v) is 4.05. The molecule has 6 nitrogen and oxygen atoms in total. The minimum Gasteiger partial charge on any atom is -0.335 e. The van der Waals surface area contributed by atoms with Crippen molar-refractivity contribution in [3.63, 3.8) is 0 Å². The first-order valence-electron chi connectivity index (χ1n) is 7.76. The minimum atomic E-state index is 0.579. The number of hydrogen-bond acceptors (Lipinski definition) is 5. The van der Waals surface area contributed by atoms with E-state index in [2.05, 4.69) is 32.2 Å². The Morgan fingerprint density at radius 3 is 2.77 bits per heavy atom. The number of rotatable bonds is 4. The summed E-state index contributed by atoms with van der Waals surface area (Å²) < 4.78 is 4.34. The van der Waals surface area contributed by atoms with E-state index in [0.29, 0.717) is 22.3 Å². The number of nitrogens with zero attached hydrogens (tertiary/aromatic N) is 5. The van der Waals surface area contributed by atoms with Gasteiger partial charge in [0.1, 0.15) is 6.07 Å². The molecule has 0 aliphatic heterocycles. The molecule has 0 radical (unpaired) electrons. The molecule has 0 spiro atoms. The van der Waals surface area contributed by atoms with E-state index in [1.54, 1.807) is 0 Å². The van der Waals surface area contributed by atoms with Gasteiger partial charge in [-0.1, -0.05) is 45.9 Å². The molecule has 0 amide bonds. The predicted molar refractivity (Wildman–Crippen MR) is 105 cm³/mol. The third-order valence-electron chi connectivity index (χ3n) is 4.01. The maximum Gasteiger partial charge on any atom is 0.210 e. The molecule has 8 heteroatoms. The van der Waals surface area contributed by atoms with E-state index in [-0.39, 0.29) is 0 Å². The normalized spacial score (nSPS) is 10.9. The molecule has 1 aromatic carbocycles. The summed E-state index contributed by atoms with van der Waals surface area (Å²) in [6, 6.07) is 15.8. The number of nitrogen functional groups attached to an aromatic ring is 1. The maximum absolute atomic E-state index is 9.50. The molecule has 0 aliphatic rings. The molecule has 128 valence electrons. The molecular formula is C18H13BrN6S. The number of hydrogen-bond donors (Lipinski definition) is 1. The fraction of sp³-hybridized carbons (Fsp3) is 0.0556. The number of benzene rings is 1. The lowest BCUT2D eigenvalue weighted by molar-refractivity contribution is 0.849. The first-order chi connectivity index (χ1) is 12.7. The SMILES string of the molecule is N#Cc1c(CSc2nnc(-c3ccccc3Br)n2N)cn2ccccc12. The number of pyridine rings is 1. The highest BCUT2D eigenvalue weighted by Crippen LogP contribution is 2.30. The number of nitrogens with two attached hydrogens (primary N) is 1. The van der Waals surface area contributed by atoms with Gasteiger partial charge in [0, 0.05) is 28.2 Å². The lowest BCUT2D eigenvalue weighted by atomic mass is 10.2. The summed E-state index contributed by atoms with van der Waals surface area (Å²) in [6.45, 7) is 0. The van der Waals surface area contributed by atoms with Crippen LogP contribution in [0.2, 0.25) is 0 Å². The summed E-state index contributed by atoms with van der Waals surface area (Å²) in [5.41, 5.74) is 3.39. The molecule has 4 rings (SSSR count). The van der Waals surface area contributed by atoms with Gasteiger partial charge in [-0.05, 0) is 29.8 Å². The zero-order chi connectivity index (χ0) is 18.1. The van der Waals surface area contributed by atoms with Crippen molar-refractivity contribution >= 4 is 33.2 Å².